The highest BCUT2D eigenvalue weighted by Crippen LogP contribution is 2.30. The standard InChI is InChI=1S/C29H26N6O6/c1-34-25(11-10-23(39-2)28(34)41-4)33-22-13-19(15-35-26(22)30-16-31-35)17-6-5-7-18(12-17)27(36)32-20-8-9-21(29(37)38)24(14-20)40-3/h5-16H,1-4H3,(H2,32,36,37,38)/p+1. The van der Waals surface area contributed by atoms with Crippen molar-refractivity contribution >= 4 is 34.7 Å². The van der Waals surface area contributed by atoms with Crippen LogP contribution in [0.1, 0.15) is 20.7 Å². The lowest BCUT2D eigenvalue weighted by Gasteiger charge is -2.12. The van der Waals surface area contributed by atoms with E-state index in [-0.39, 0.29) is 17.2 Å². The highest BCUT2D eigenvalue weighted by Gasteiger charge is 2.20. The number of ether oxygens (including phenoxy) is 3. The lowest BCUT2D eigenvalue weighted by Crippen LogP contribution is -2.34. The van der Waals surface area contributed by atoms with Crippen molar-refractivity contribution in [1.82, 2.24) is 14.6 Å². The Hall–Kier alpha value is -5.65. The van der Waals surface area contributed by atoms with Crippen LogP contribution in [0.2, 0.25) is 0 Å². The fraction of sp³-hybridized carbons (Fsp3) is 0.138. The van der Waals surface area contributed by atoms with Crippen molar-refractivity contribution in [2.45, 2.75) is 0 Å². The summed E-state index contributed by atoms with van der Waals surface area (Å²) in [6, 6.07) is 17.1. The molecular weight excluding hydrogens is 528 g/mol. The molecule has 1 amide bonds. The predicted octanol–water partition coefficient (Wildman–Crippen LogP) is 3.94. The molecule has 5 aromatic rings. The molecule has 0 fully saturated rings. The van der Waals surface area contributed by atoms with Gasteiger partial charge in [-0.15, -0.1) is 0 Å². The van der Waals surface area contributed by atoms with Crippen molar-refractivity contribution < 1.29 is 33.5 Å². The lowest BCUT2D eigenvalue weighted by molar-refractivity contribution is -0.662. The number of carbonyl (C=O) groups excluding carboxylic acids is 1. The Morgan fingerprint density at radius 3 is 2.46 bits per heavy atom. The summed E-state index contributed by atoms with van der Waals surface area (Å²) in [6.45, 7) is 0. The second-order valence-corrected chi connectivity index (χ2v) is 8.91. The largest absolute Gasteiger partial charge is 0.496 e. The van der Waals surface area contributed by atoms with E-state index >= 15 is 0 Å². The van der Waals surface area contributed by atoms with E-state index in [1.165, 1.54) is 31.6 Å². The maximum absolute atomic E-state index is 13.1. The predicted molar refractivity (Wildman–Crippen MR) is 150 cm³/mol. The molecule has 0 unspecified atom stereocenters. The van der Waals surface area contributed by atoms with Gasteiger partial charge in [-0.3, -0.25) is 4.79 Å². The van der Waals surface area contributed by atoms with Gasteiger partial charge in [-0.25, -0.2) is 19.6 Å². The Morgan fingerprint density at radius 1 is 0.927 bits per heavy atom. The van der Waals surface area contributed by atoms with Crippen LogP contribution in [-0.2, 0) is 7.05 Å². The minimum atomic E-state index is -1.12. The van der Waals surface area contributed by atoms with E-state index in [9.17, 15) is 14.7 Å². The van der Waals surface area contributed by atoms with Gasteiger partial charge in [-0.2, -0.15) is 9.67 Å². The molecule has 0 bridgehead atoms. The van der Waals surface area contributed by atoms with E-state index in [0.717, 1.165) is 16.9 Å². The molecular formula is C29H27N6O6+. The summed E-state index contributed by atoms with van der Waals surface area (Å²) >= 11 is 0. The quantitative estimate of drug-likeness (QED) is 0.231. The number of nitrogens with zero attached hydrogens (tertiary/aromatic N) is 4. The molecule has 0 aliphatic heterocycles. The Labute approximate surface area is 234 Å². The fourth-order valence-corrected chi connectivity index (χ4v) is 4.43. The average Bonchev–Trinajstić information content (AvgIpc) is 3.47. The molecule has 0 atom stereocenters. The van der Waals surface area contributed by atoms with Crippen molar-refractivity contribution in [2.75, 3.05) is 32.0 Å². The first kappa shape index (κ1) is 26.9. The number of methoxy groups -OCH3 is 3. The number of anilines is 3. The van der Waals surface area contributed by atoms with Crippen LogP contribution in [0.5, 0.6) is 17.4 Å². The molecule has 12 heteroatoms. The minimum absolute atomic E-state index is 0.00194. The lowest BCUT2D eigenvalue weighted by atomic mass is 10.0. The van der Waals surface area contributed by atoms with Crippen molar-refractivity contribution in [3.8, 4) is 28.5 Å². The van der Waals surface area contributed by atoms with Gasteiger partial charge < -0.3 is 24.6 Å². The Balaban J connectivity index is 1.46. The van der Waals surface area contributed by atoms with Gasteiger partial charge in [0, 0.05) is 35.1 Å². The summed E-state index contributed by atoms with van der Waals surface area (Å²) in [5.74, 6) is 0.517. The molecule has 3 N–H and O–H groups in total. The van der Waals surface area contributed by atoms with Crippen LogP contribution < -0.4 is 29.4 Å². The fourth-order valence-electron chi connectivity index (χ4n) is 4.43. The molecule has 3 aromatic heterocycles. The summed E-state index contributed by atoms with van der Waals surface area (Å²) in [5.41, 5.74) is 3.66. The van der Waals surface area contributed by atoms with Crippen molar-refractivity contribution in [3.63, 3.8) is 0 Å². The van der Waals surface area contributed by atoms with Crippen LogP contribution in [0.3, 0.4) is 0 Å². The maximum atomic E-state index is 13.1. The summed E-state index contributed by atoms with van der Waals surface area (Å²) in [4.78, 5) is 28.9. The number of fused-ring (bicyclic) bond motifs is 1. The summed E-state index contributed by atoms with van der Waals surface area (Å²) in [7, 11) is 6.37. The molecule has 3 heterocycles. The molecule has 208 valence electrons. The highest BCUT2D eigenvalue weighted by molar-refractivity contribution is 6.05. The molecule has 0 saturated carbocycles. The van der Waals surface area contributed by atoms with Crippen molar-refractivity contribution in [2.24, 2.45) is 7.05 Å². The summed E-state index contributed by atoms with van der Waals surface area (Å²) in [5, 5.41) is 19.8. The van der Waals surface area contributed by atoms with Crippen molar-refractivity contribution in [1.29, 1.82) is 0 Å². The third-order valence-electron chi connectivity index (χ3n) is 6.47. The molecule has 41 heavy (non-hydrogen) atoms. The number of carboxylic acids is 1. The number of rotatable bonds is 9. The summed E-state index contributed by atoms with van der Waals surface area (Å²) in [6.07, 6.45) is 3.29. The minimum Gasteiger partial charge on any atom is -0.496 e. The van der Waals surface area contributed by atoms with Gasteiger partial charge in [0.2, 0.25) is 11.4 Å². The average molecular weight is 556 g/mol. The van der Waals surface area contributed by atoms with E-state index in [2.05, 4.69) is 20.7 Å². The number of hydrogen-bond acceptors (Lipinski definition) is 8. The van der Waals surface area contributed by atoms with Gasteiger partial charge in [0.1, 0.15) is 17.6 Å². The van der Waals surface area contributed by atoms with E-state index in [1.807, 2.05) is 36.0 Å². The Bertz CT molecular complexity index is 1780. The third-order valence-corrected chi connectivity index (χ3v) is 6.47. The molecule has 0 radical (unpaired) electrons. The van der Waals surface area contributed by atoms with Crippen LogP contribution >= 0.6 is 0 Å². The molecule has 0 saturated heterocycles. The smallest absolute Gasteiger partial charge is 0.339 e. The molecule has 0 spiro atoms. The maximum Gasteiger partial charge on any atom is 0.339 e. The summed E-state index contributed by atoms with van der Waals surface area (Å²) < 4.78 is 19.5. The zero-order chi connectivity index (χ0) is 29.1. The first-order chi connectivity index (χ1) is 19.8. The number of benzene rings is 2. The molecule has 5 rings (SSSR count). The second-order valence-electron chi connectivity index (χ2n) is 8.91. The van der Waals surface area contributed by atoms with Crippen LogP contribution in [0.4, 0.5) is 17.2 Å². The number of pyridine rings is 2. The molecule has 2 aromatic carbocycles. The van der Waals surface area contributed by atoms with Gasteiger partial charge in [0.15, 0.2) is 5.69 Å². The monoisotopic (exact) mass is 555 g/mol. The first-order valence-corrected chi connectivity index (χ1v) is 12.4. The van der Waals surface area contributed by atoms with Crippen LogP contribution in [0.15, 0.2) is 73.2 Å². The van der Waals surface area contributed by atoms with Crippen molar-refractivity contribution in [3.05, 3.63) is 84.3 Å². The van der Waals surface area contributed by atoms with Gasteiger partial charge in [0.05, 0.1) is 28.4 Å². The van der Waals surface area contributed by atoms with Gasteiger partial charge in [-0.05, 0) is 42.0 Å². The van der Waals surface area contributed by atoms with Gasteiger partial charge >= 0.3 is 11.8 Å². The molecule has 12 nitrogen and oxygen atoms in total. The third kappa shape index (κ3) is 5.30. The van der Waals surface area contributed by atoms with E-state index in [1.54, 1.807) is 43.0 Å². The zero-order valence-corrected chi connectivity index (χ0v) is 22.7. The normalized spacial score (nSPS) is 10.7. The number of hydrogen-bond donors (Lipinski definition) is 3. The van der Waals surface area contributed by atoms with Crippen LogP contribution in [0.25, 0.3) is 16.8 Å². The first-order valence-electron chi connectivity index (χ1n) is 12.4. The SMILES string of the molecule is COc1cc(NC(=O)c2cccc(-c3cc(Nc4ccc(OC)c(OC)[n+]4C)c4ncnn4c3)c2)ccc1C(=O)O. The Kier molecular flexibility index (Phi) is 7.37. The van der Waals surface area contributed by atoms with Crippen LogP contribution in [0, 0.1) is 0 Å². The van der Waals surface area contributed by atoms with Gasteiger partial charge in [0.25, 0.3) is 11.7 Å². The number of aromatic carboxylic acids is 1. The topological polar surface area (TPSA) is 140 Å². The second kappa shape index (κ2) is 11.2. The van der Waals surface area contributed by atoms with E-state index in [0.29, 0.717) is 34.2 Å². The van der Waals surface area contributed by atoms with E-state index in [4.69, 9.17) is 14.2 Å². The van der Waals surface area contributed by atoms with Crippen LogP contribution in [-0.4, -0.2) is 52.9 Å². The number of carbonyl (C=O) groups is 2. The number of carboxylic acid groups (broad SMARTS) is 1. The molecule has 0 aliphatic carbocycles. The highest BCUT2D eigenvalue weighted by atomic mass is 16.5. The number of aromatic nitrogens is 4. The zero-order valence-electron chi connectivity index (χ0n) is 22.7. The number of amides is 1. The van der Waals surface area contributed by atoms with Gasteiger partial charge in [-0.1, -0.05) is 12.1 Å². The number of nitrogens with one attached hydrogen (secondary N) is 2. The Morgan fingerprint density at radius 2 is 1.73 bits per heavy atom. The molecule has 0 aliphatic rings. The van der Waals surface area contributed by atoms with E-state index < -0.39 is 5.97 Å².